The maximum absolute atomic E-state index is 9.22. The topological polar surface area (TPSA) is 40.8 Å². The summed E-state index contributed by atoms with van der Waals surface area (Å²) in [5.41, 5.74) is 4.20. The molecule has 1 aromatic heterocycles. The van der Waals surface area contributed by atoms with Gasteiger partial charge in [0.15, 0.2) is 0 Å². The highest BCUT2D eigenvalue weighted by Crippen LogP contribution is 2.27. The van der Waals surface area contributed by atoms with Crippen LogP contribution >= 0.6 is 0 Å². The van der Waals surface area contributed by atoms with Crippen LogP contribution in [0.1, 0.15) is 16.8 Å². The van der Waals surface area contributed by atoms with Crippen molar-refractivity contribution in [1.82, 2.24) is 9.88 Å². The Morgan fingerprint density at radius 3 is 2.81 bits per heavy atom. The van der Waals surface area contributed by atoms with E-state index in [1.165, 1.54) is 10.9 Å². The average molecular weight is 213 g/mol. The fourth-order valence-corrected chi connectivity index (χ4v) is 2.26. The summed E-state index contributed by atoms with van der Waals surface area (Å²) < 4.78 is 1.97. The van der Waals surface area contributed by atoms with Gasteiger partial charge in [0.05, 0.1) is 0 Å². The number of rotatable bonds is 2. The largest absolute Gasteiger partial charge is 0.335 e. The van der Waals surface area contributed by atoms with E-state index in [1.807, 2.05) is 24.7 Å². The van der Waals surface area contributed by atoms with E-state index in [1.54, 1.807) is 0 Å². The van der Waals surface area contributed by atoms with E-state index < -0.39 is 0 Å². The van der Waals surface area contributed by atoms with Gasteiger partial charge in [-0.3, -0.25) is 0 Å². The molecule has 1 aromatic carbocycles. The molecule has 3 nitrogen and oxygen atoms in total. The predicted octanol–water partition coefficient (Wildman–Crippen LogP) is 2.08. The molecule has 0 atom stereocenters. The first-order chi connectivity index (χ1) is 7.70. The molecule has 3 heteroatoms. The van der Waals surface area contributed by atoms with Crippen LogP contribution < -0.4 is 5.32 Å². The Morgan fingerprint density at radius 1 is 1.44 bits per heavy atom. The standard InChI is InChI=1S/C13H15N3/c1-9-5-4-6-11-13(9)10(8-15-2)12(7-14)16(11)3/h4-6,15H,8H2,1-3H3. The molecule has 0 saturated heterocycles. The summed E-state index contributed by atoms with van der Waals surface area (Å²) in [4.78, 5) is 0. The van der Waals surface area contributed by atoms with E-state index in [4.69, 9.17) is 0 Å². The minimum atomic E-state index is 0.727. The van der Waals surface area contributed by atoms with Crippen LogP contribution in [-0.4, -0.2) is 11.6 Å². The molecular weight excluding hydrogens is 198 g/mol. The first-order valence-corrected chi connectivity index (χ1v) is 5.32. The summed E-state index contributed by atoms with van der Waals surface area (Å²) in [6.07, 6.45) is 0. The Hall–Kier alpha value is -1.79. The molecule has 2 rings (SSSR count). The molecule has 0 saturated carbocycles. The van der Waals surface area contributed by atoms with Crippen LogP contribution in [0, 0.1) is 18.3 Å². The SMILES string of the molecule is CNCc1c(C#N)n(C)c2cccc(C)c12. The lowest BCUT2D eigenvalue weighted by Crippen LogP contribution is -2.07. The van der Waals surface area contributed by atoms with Crippen LogP contribution in [0.15, 0.2) is 18.2 Å². The smallest absolute Gasteiger partial charge is 0.125 e. The first-order valence-electron chi connectivity index (χ1n) is 5.32. The van der Waals surface area contributed by atoms with E-state index in [9.17, 15) is 5.26 Å². The normalized spacial score (nSPS) is 10.6. The van der Waals surface area contributed by atoms with Crippen molar-refractivity contribution in [2.45, 2.75) is 13.5 Å². The lowest BCUT2D eigenvalue weighted by Gasteiger charge is -2.01. The van der Waals surface area contributed by atoms with Gasteiger partial charge in [0.25, 0.3) is 0 Å². The fourth-order valence-electron chi connectivity index (χ4n) is 2.26. The van der Waals surface area contributed by atoms with E-state index in [-0.39, 0.29) is 0 Å². The van der Waals surface area contributed by atoms with Crippen LogP contribution in [0.5, 0.6) is 0 Å². The van der Waals surface area contributed by atoms with E-state index >= 15 is 0 Å². The van der Waals surface area contributed by atoms with Crippen molar-refractivity contribution in [2.24, 2.45) is 7.05 Å². The second-order valence-corrected chi connectivity index (χ2v) is 4.00. The second-order valence-electron chi connectivity index (χ2n) is 4.00. The molecule has 0 aliphatic carbocycles. The zero-order valence-corrected chi connectivity index (χ0v) is 9.83. The molecule has 0 unspecified atom stereocenters. The molecule has 0 radical (unpaired) electrons. The molecule has 0 aliphatic rings. The van der Waals surface area contributed by atoms with Gasteiger partial charge in [-0.05, 0) is 25.6 Å². The summed E-state index contributed by atoms with van der Waals surface area (Å²) in [5.74, 6) is 0. The van der Waals surface area contributed by atoms with Gasteiger partial charge >= 0.3 is 0 Å². The van der Waals surface area contributed by atoms with Crippen LogP contribution in [-0.2, 0) is 13.6 Å². The molecular formula is C13H15N3. The van der Waals surface area contributed by atoms with Gasteiger partial charge in [-0.25, -0.2) is 0 Å². The van der Waals surface area contributed by atoms with Gasteiger partial charge in [0.1, 0.15) is 11.8 Å². The number of nitrogens with one attached hydrogen (secondary N) is 1. The molecule has 16 heavy (non-hydrogen) atoms. The Balaban J connectivity index is 2.88. The number of nitrogens with zero attached hydrogens (tertiary/aromatic N) is 2. The van der Waals surface area contributed by atoms with Crippen molar-refractivity contribution in [2.75, 3.05) is 7.05 Å². The summed E-state index contributed by atoms with van der Waals surface area (Å²) in [7, 11) is 3.84. The van der Waals surface area contributed by atoms with Gasteiger partial charge in [-0.1, -0.05) is 12.1 Å². The highest BCUT2D eigenvalue weighted by atomic mass is 15.0. The van der Waals surface area contributed by atoms with Crippen molar-refractivity contribution in [3.05, 3.63) is 35.0 Å². The Morgan fingerprint density at radius 2 is 2.19 bits per heavy atom. The molecule has 0 aliphatic heterocycles. The van der Waals surface area contributed by atoms with Crippen LogP contribution in [0.25, 0.3) is 10.9 Å². The van der Waals surface area contributed by atoms with Crippen LogP contribution in [0.3, 0.4) is 0 Å². The number of benzene rings is 1. The summed E-state index contributed by atoms with van der Waals surface area (Å²) in [6, 6.07) is 8.46. The Labute approximate surface area is 95.3 Å². The minimum Gasteiger partial charge on any atom is -0.335 e. The molecule has 0 bridgehead atoms. The van der Waals surface area contributed by atoms with Crippen molar-refractivity contribution < 1.29 is 0 Å². The fraction of sp³-hybridized carbons (Fsp3) is 0.308. The third kappa shape index (κ3) is 1.39. The maximum atomic E-state index is 9.22. The molecule has 82 valence electrons. The predicted molar refractivity (Wildman–Crippen MR) is 65.1 cm³/mol. The van der Waals surface area contributed by atoms with E-state index in [0.717, 1.165) is 23.3 Å². The molecule has 2 aromatic rings. The molecule has 0 amide bonds. The number of hydrogen-bond donors (Lipinski definition) is 1. The van der Waals surface area contributed by atoms with E-state index in [0.29, 0.717) is 0 Å². The second kappa shape index (κ2) is 3.99. The zero-order chi connectivity index (χ0) is 11.7. The monoisotopic (exact) mass is 213 g/mol. The molecule has 0 fully saturated rings. The number of nitriles is 1. The maximum Gasteiger partial charge on any atom is 0.125 e. The number of aryl methyl sites for hydroxylation is 2. The Bertz CT molecular complexity index is 573. The molecule has 1 N–H and O–H groups in total. The first kappa shape index (κ1) is 10.7. The summed E-state index contributed by atoms with van der Waals surface area (Å²) in [6.45, 7) is 2.81. The van der Waals surface area contributed by atoms with Gasteiger partial charge in [-0.2, -0.15) is 5.26 Å². The van der Waals surface area contributed by atoms with Gasteiger partial charge < -0.3 is 9.88 Å². The molecule has 1 heterocycles. The van der Waals surface area contributed by atoms with Crippen molar-refractivity contribution in [3.8, 4) is 6.07 Å². The quantitative estimate of drug-likeness (QED) is 0.829. The third-order valence-electron chi connectivity index (χ3n) is 2.99. The third-order valence-corrected chi connectivity index (χ3v) is 2.99. The number of hydrogen-bond acceptors (Lipinski definition) is 2. The minimum absolute atomic E-state index is 0.727. The number of fused-ring (bicyclic) bond motifs is 1. The van der Waals surface area contributed by atoms with Crippen LogP contribution in [0.4, 0.5) is 0 Å². The van der Waals surface area contributed by atoms with E-state index in [2.05, 4.69) is 30.4 Å². The van der Waals surface area contributed by atoms with Crippen molar-refractivity contribution >= 4 is 10.9 Å². The Kier molecular flexibility index (Phi) is 2.67. The lowest BCUT2D eigenvalue weighted by molar-refractivity contribution is 0.810. The number of aromatic nitrogens is 1. The average Bonchev–Trinajstić information content (AvgIpc) is 2.54. The zero-order valence-electron chi connectivity index (χ0n) is 9.83. The van der Waals surface area contributed by atoms with Crippen LogP contribution in [0.2, 0.25) is 0 Å². The van der Waals surface area contributed by atoms with Crippen molar-refractivity contribution in [3.63, 3.8) is 0 Å². The summed E-state index contributed by atoms with van der Waals surface area (Å²) >= 11 is 0. The van der Waals surface area contributed by atoms with Crippen molar-refractivity contribution in [1.29, 1.82) is 5.26 Å². The molecule has 0 spiro atoms. The highest BCUT2D eigenvalue weighted by molar-refractivity contribution is 5.89. The van der Waals surface area contributed by atoms with Gasteiger partial charge in [-0.15, -0.1) is 0 Å². The highest BCUT2D eigenvalue weighted by Gasteiger charge is 2.15. The van der Waals surface area contributed by atoms with Gasteiger partial charge in [0.2, 0.25) is 0 Å². The lowest BCUT2D eigenvalue weighted by atomic mass is 10.1. The van der Waals surface area contributed by atoms with Gasteiger partial charge in [0, 0.05) is 30.1 Å². The summed E-state index contributed by atoms with van der Waals surface area (Å²) in [5, 5.41) is 13.6.